The molecule has 0 bridgehead atoms. The average Bonchev–Trinajstić information content (AvgIpc) is 2.37. The van der Waals surface area contributed by atoms with E-state index in [9.17, 15) is 8.42 Å². The molecule has 1 fully saturated rings. The standard InChI is InChI=1S/C12H20N4O2S/c1-9-4-5-16(10(6-9)7-13)12-3-2-11(8-15-12)19(14,17)18/h2-3,8-10H,4-7,13H2,1H3,(H2,14,17,18). The van der Waals surface area contributed by atoms with E-state index in [1.807, 2.05) is 0 Å². The van der Waals surface area contributed by atoms with Gasteiger partial charge in [0, 0.05) is 25.3 Å². The van der Waals surface area contributed by atoms with Crippen LogP contribution in [-0.2, 0) is 10.0 Å². The Morgan fingerprint density at radius 2 is 2.21 bits per heavy atom. The molecule has 0 amide bonds. The number of aromatic nitrogens is 1. The number of nitrogens with two attached hydrogens (primary N) is 2. The molecular weight excluding hydrogens is 264 g/mol. The molecular formula is C12H20N4O2S. The molecule has 0 aliphatic carbocycles. The van der Waals surface area contributed by atoms with Gasteiger partial charge in [0.2, 0.25) is 10.0 Å². The summed E-state index contributed by atoms with van der Waals surface area (Å²) in [6.45, 7) is 3.69. The van der Waals surface area contributed by atoms with Gasteiger partial charge < -0.3 is 10.6 Å². The van der Waals surface area contributed by atoms with Gasteiger partial charge >= 0.3 is 0 Å². The van der Waals surface area contributed by atoms with Crippen LogP contribution in [0.15, 0.2) is 23.2 Å². The summed E-state index contributed by atoms with van der Waals surface area (Å²) in [5.41, 5.74) is 5.81. The zero-order valence-electron chi connectivity index (χ0n) is 11.0. The Bertz CT molecular complexity index is 529. The highest BCUT2D eigenvalue weighted by Crippen LogP contribution is 2.26. The van der Waals surface area contributed by atoms with E-state index in [0.717, 1.165) is 25.2 Å². The molecule has 2 unspecified atom stereocenters. The number of hydrogen-bond donors (Lipinski definition) is 2. The van der Waals surface area contributed by atoms with Crippen LogP contribution in [0.5, 0.6) is 0 Å². The maximum atomic E-state index is 11.2. The van der Waals surface area contributed by atoms with Crippen LogP contribution >= 0.6 is 0 Å². The van der Waals surface area contributed by atoms with Crippen molar-refractivity contribution in [2.75, 3.05) is 18.0 Å². The van der Waals surface area contributed by atoms with Crippen molar-refractivity contribution in [2.24, 2.45) is 16.8 Å². The number of nitrogens with zero attached hydrogens (tertiary/aromatic N) is 2. The van der Waals surface area contributed by atoms with Gasteiger partial charge in [-0.2, -0.15) is 0 Å². The Balaban J connectivity index is 2.22. The summed E-state index contributed by atoms with van der Waals surface area (Å²) < 4.78 is 22.4. The fourth-order valence-corrected chi connectivity index (χ4v) is 2.94. The first-order chi connectivity index (χ1) is 8.91. The third-order valence-corrected chi connectivity index (χ3v) is 4.49. The number of primary sulfonamides is 1. The Hall–Kier alpha value is -1.18. The number of rotatable bonds is 3. The number of piperidine rings is 1. The number of hydrogen-bond acceptors (Lipinski definition) is 5. The van der Waals surface area contributed by atoms with Gasteiger partial charge in [0.1, 0.15) is 10.7 Å². The Kier molecular flexibility index (Phi) is 4.07. The molecule has 2 heterocycles. The molecule has 2 atom stereocenters. The normalized spacial score (nSPS) is 24.5. The van der Waals surface area contributed by atoms with Crippen LogP contribution in [0.4, 0.5) is 5.82 Å². The monoisotopic (exact) mass is 284 g/mol. The van der Waals surface area contributed by atoms with Gasteiger partial charge in [-0.1, -0.05) is 6.92 Å². The molecule has 7 heteroatoms. The van der Waals surface area contributed by atoms with E-state index in [0.29, 0.717) is 12.5 Å². The van der Waals surface area contributed by atoms with Gasteiger partial charge in [-0.05, 0) is 30.9 Å². The second kappa shape index (κ2) is 5.44. The lowest BCUT2D eigenvalue weighted by atomic mass is 9.92. The predicted octanol–water partition coefficient (Wildman–Crippen LogP) is 0.293. The van der Waals surface area contributed by atoms with Crippen LogP contribution < -0.4 is 15.8 Å². The minimum atomic E-state index is -3.68. The van der Waals surface area contributed by atoms with Crippen LogP contribution in [0, 0.1) is 5.92 Å². The van der Waals surface area contributed by atoms with E-state index in [-0.39, 0.29) is 10.9 Å². The SMILES string of the molecule is CC1CCN(c2ccc(S(N)(=O)=O)cn2)C(CN)C1. The zero-order chi connectivity index (χ0) is 14.0. The second-order valence-corrected chi connectivity index (χ2v) is 6.67. The third kappa shape index (κ3) is 3.23. The maximum Gasteiger partial charge on any atom is 0.239 e. The van der Waals surface area contributed by atoms with Gasteiger partial charge in [0.25, 0.3) is 0 Å². The number of pyridine rings is 1. The molecule has 0 radical (unpaired) electrons. The lowest BCUT2D eigenvalue weighted by Crippen LogP contribution is -2.46. The lowest BCUT2D eigenvalue weighted by molar-refractivity contribution is 0.365. The van der Waals surface area contributed by atoms with E-state index in [1.165, 1.54) is 12.3 Å². The Labute approximate surface area is 113 Å². The van der Waals surface area contributed by atoms with Gasteiger partial charge in [-0.15, -0.1) is 0 Å². The molecule has 1 aliphatic heterocycles. The van der Waals surface area contributed by atoms with Crippen molar-refractivity contribution in [1.29, 1.82) is 0 Å². The molecule has 19 heavy (non-hydrogen) atoms. The summed E-state index contributed by atoms with van der Waals surface area (Å²) in [5, 5.41) is 5.06. The van der Waals surface area contributed by atoms with E-state index in [2.05, 4.69) is 16.8 Å². The lowest BCUT2D eigenvalue weighted by Gasteiger charge is -2.38. The number of anilines is 1. The van der Waals surface area contributed by atoms with Crippen LogP contribution in [-0.4, -0.2) is 32.5 Å². The number of sulfonamides is 1. The summed E-state index contributed by atoms with van der Waals surface area (Å²) in [5.74, 6) is 1.42. The minimum Gasteiger partial charge on any atom is -0.352 e. The van der Waals surface area contributed by atoms with E-state index in [1.54, 1.807) is 6.07 Å². The van der Waals surface area contributed by atoms with Crippen molar-refractivity contribution < 1.29 is 8.42 Å². The zero-order valence-corrected chi connectivity index (χ0v) is 11.8. The molecule has 6 nitrogen and oxygen atoms in total. The first kappa shape index (κ1) is 14.2. The first-order valence-electron chi connectivity index (χ1n) is 6.37. The van der Waals surface area contributed by atoms with Crippen molar-refractivity contribution in [2.45, 2.75) is 30.7 Å². The molecule has 0 spiro atoms. The van der Waals surface area contributed by atoms with E-state index in [4.69, 9.17) is 10.9 Å². The predicted molar refractivity (Wildman–Crippen MR) is 74.2 cm³/mol. The van der Waals surface area contributed by atoms with Crippen molar-refractivity contribution in [3.63, 3.8) is 0 Å². The van der Waals surface area contributed by atoms with Gasteiger partial charge in [-0.25, -0.2) is 18.5 Å². The highest BCUT2D eigenvalue weighted by atomic mass is 32.2. The quantitative estimate of drug-likeness (QED) is 0.830. The molecule has 1 aromatic rings. The molecule has 1 saturated heterocycles. The molecule has 0 saturated carbocycles. The van der Waals surface area contributed by atoms with Crippen LogP contribution in [0.25, 0.3) is 0 Å². The summed E-state index contributed by atoms with van der Waals surface area (Å²) in [6, 6.07) is 3.44. The Morgan fingerprint density at radius 1 is 1.47 bits per heavy atom. The molecule has 4 N–H and O–H groups in total. The molecule has 1 aliphatic rings. The van der Waals surface area contributed by atoms with E-state index < -0.39 is 10.0 Å². The van der Waals surface area contributed by atoms with Crippen molar-refractivity contribution in [3.8, 4) is 0 Å². The van der Waals surface area contributed by atoms with E-state index >= 15 is 0 Å². The van der Waals surface area contributed by atoms with Crippen LogP contribution in [0.2, 0.25) is 0 Å². The second-order valence-electron chi connectivity index (χ2n) is 5.11. The first-order valence-corrected chi connectivity index (χ1v) is 7.92. The summed E-state index contributed by atoms with van der Waals surface area (Å²) in [6.07, 6.45) is 3.43. The van der Waals surface area contributed by atoms with Crippen LogP contribution in [0.3, 0.4) is 0 Å². The molecule has 2 rings (SSSR count). The fraction of sp³-hybridized carbons (Fsp3) is 0.583. The fourth-order valence-electron chi connectivity index (χ4n) is 2.49. The van der Waals surface area contributed by atoms with Crippen molar-refractivity contribution in [3.05, 3.63) is 18.3 Å². The molecule has 0 aromatic carbocycles. The highest BCUT2D eigenvalue weighted by molar-refractivity contribution is 7.89. The highest BCUT2D eigenvalue weighted by Gasteiger charge is 2.26. The Morgan fingerprint density at radius 3 is 2.74 bits per heavy atom. The summed E-state index contributed by atoms with van der Waals surface area (Å²) in [7, 11) is -3.68. The largest absolute Gasteiger partial charge is 0.352 e. The molecule has 1 aromatic heterocycles. The van der Waals surface area contributed by atoms with Crippen LogP contribution in [0.1, 0.15) is 19.8 Å². The summed E-state index contributed by atoms with van der Waals surface area (Å²) >= 11 is 0. The summed E-state index contributed by atoms with van der Waals surface area (Å²) in [4.78, 5) is 6.38. The van der Waals surface area contributed by atoms with Gasteiger partial charge in [0.05, 0.1) is 0 Å². The van der Waals surface area contributed by atoms with Gasteiger partial charge in [-0.3, -0.25) is 0 Å². The maximum absolute atomic E-state index is 11.2. The average molecular weight is 284 g/mol. The minimum absolute atomic E-state index is 0.0333. The van der Waals surface area contributed by atoms with Crippen molar-refractivity contribution in [1.82, 2.24) is 4.98 Å². The van der Waals surface area contributed by atoms with Gasteiger partial charge in [0.15, 0.2) is 0 Å². The molecule has 106 valence electrons. The van der Waals surface area contributed by atoms with Crippen molar-refractivity contribution >= 4 is 15.8 Å². The topological polar surface area (TPSA) is 102 Å². The third-order valence-electron chi connectivity index (χ3n) is 3.59. The smallest absolute Gasteiger partial charge is 0.239 e.